The van der Waals surface area contributed by atoms with Gasteiger partial charge in [0.05, 0.1) is 16.3 Å². The molecule has 0 atom stereocenters. The smallest absolute Gasteiger partial charge is 0.299 e. The summed E-state index contributed by atoms with van der Waals surface area (Å²) >= 11 is 6.01. The predicted molar refractivity (Wildman–Crippen MR) is 78.3 cm³/mol. The van der Waals surface area contributed by atoms with Gasteiger partial charge < -0.3 is 4.90 Å². The fourth-order valence-electron chi connectivity index (χ4n) is 2.41. The fraction of sp³-hybridized carbons (Fsp3) is 0.125. The minimum Gasteiger partial charge on any atom is -0.304 e. The first-order valence-electron chi connectivity index (χ1n) is 6.37. The van der Waals surface area contributed by atoms with E-state index in [-0.39, 0.29) is 0 Å². The molecule has 1 aliphatic rings. The van der Waals surface area contributed by atoms with Crippen molar-refractivity contribution in [2.75, 3.05) is 11.4 Å². The molecule has 0 fully saturated rings. The van der Waals surface area contributed by atoms with Crippen LogP contribution in [0.25, 0.3) is 0 Å². The van der Waals surface area contributed by atoms with Gasteiger partial charge in [0.2, 0.25) is 0 Å². The summed E-state index contributed by atoms with van der Waals surface area (Å²) in [5.41, 5.74) is 2.07. The minimum atomic E-state index is -0.515. The summed E-state index contributed by atoms with van der Waals surface area (Å²) in [6, 6.07) is 15.0. The lowest BCUT2D eigenvalue weighted by molar-refractivity contribution is -0.114. The number of carbonyl (C=O) groups excluding carboxylic acids is 2. The average molecular weight is 286 g/mol. The van der Waals surface area contributed by atoms with E-state index in [0.29, 0.717) is 29.2 Å². The van der Waals surface area contributed by atoms with Gasteiger partial charge in [0.25, 0.3) is 11.7 Å². The highest BCUT2D eigenvalue weighted by Gasteiger charge is 2.36. The normalized spacial score (nSPS) is 13.8. The molecule has 0 N–H and O–H groups in total. The SMILES string of the molecule is O=C1C(=O)N(CCc2ccccc2)c2cccc(Cl)c21. The molecule has 0 aliphatic carbocycles. The first kappa shape index (κ1) is 12.9. The molecule has 4 heteroatoms. The van der Waals surface area contributed by atoms with Crippen LogP contribution in [0.15, 0.2) is 48.5 Å². The van der Waals surface area contributed by atoms with Gasteiger partial charge in [0.1, 0.15) is 0 Å². The van der Waals surface area contributed by atoms with Gasteiger partial charge in [-0.25, -0.2) is 0 Å². The summed E-state index contributed by atoms with van der Waals surface area (Å²) in [7, 11) is 0. The summed E-state index contributed by atoms with van der Waals surface area (Å²) in [5.74, 6) is -1.01. The van der Waals surface area contributed by atoms with Crippen LogP contribution in [0, 0.1) is 0 Å². The van der Waals surface area contributed by atoms with E-state index in [2.05, 4.69) is 0 Å². The Hall–Kier alpha value is -2.13. The standard InChI is InChI=1S/C16H12ClNO2/c17-12-7-4-8-13-14(12)15(19)16(20)18(13)10-9-11-5-2-1-3-6-11/h1-8H,9-10H2. The third kappa shape index (κ3) is 2.10. The fourth-order valence-corrected chi connectivity index (χ4v) is 2.66. The van der Waals surface area contributed by atoms with Crippen LogP contribution in [-0.4, -0.2) is 18.2 Å². The molecule has 1 heterocycles. The molecule has 0 unspecified atom stereocenters. The number of nitrogens with zero attached hydrogens (tertiary/aromatic N) is 1. The Bertz CT molecular complexity index is 682. The van der Waals surface area contributed by atoms with Crippen molar-refractivity contribution in [3.63, 3.8) is 0 Å². The van der Waals surface area contributed by atoms with Gasteiger partial charge in [0.15, 0.2) is 0 Å². The number of carbonyl (C=O) groups is 2. The Morgan fingerprint density at radius 2 is 1.70 bits per heavy atom. The number of fused-ring (bicyclic) bond motifs is 1. The number of rotatable bonds is 3. The molecular weight excluding hydrogens is 274 g/mol. The Kier molecular flexibility index (Phi) is 3.28. The Labute approximate surface area is 121 Å². The predicted octanol–water partition coefficient (Wildman–Crippen LogP) is 3.11. The second kappa shape index (κ2) is 5.10. The molecule has 20 heavy (non-hydrogen) atoms. The van der Waals surface area contributed by atoms with Crippen molar-refractivity contribution in [2.45, 2.75) is 6.42 Å². The van der Waals surface area contributed by atoms with Gasteiger partial charge in [-0.15, -0.1) is 0 Å². The Morgan fingerprint density at radius 3 is 2.45 bits per heavy atom. The van der Waals surface area contributed by atoms with Gasteiger partial charge in [0, 0.05) is 6.54 Å². The molecule has 2 aromatic carbocycles. The van der Waals surface area contributed by atoms with Crippen molar-refractivity contribution < 1.29 is 9.59 Å². The van der Waals surface area contributed by atoms with Gasteiger partial charge in [-0.2, -0.15) is 0 Å². The van der Waals surface area contributed by atoms with Crippen LogP contribution in [0.1, 0.15) is 15.9 Å². The summed E-state index contributed by atoms with van der Waals surface area (Å²) in [6.07, 6.45) is 0.700. The van der Waals surface area contributed by atoms with E-state index in [4.69, 9.17) is 11.6 Å². The van der Waals surface area contributed by atoms with Crippen LogP contribution < -0.4 is 4.90 Å². The Morgan fingerprint density at radius 1 is 0.950 bits per heavy atom. The Balaban J connectivity index is 1.87. The maximum Gasteiger partial charge on any atom is 0.299 e. The van der Waals surface area contributed by atoms with E-state index >= 15 is 0 Å². The van der Waals surface area contributed by atoms with E-state index < -0.39 is 11.7 Å². The van der Waals surface area contributed by atoms with Crippen LogP contribution in [0.5, 0.6) is 0 Å². The molecule has 0 radical (unpaired) electrons. The summed E-state index contributed by atoms with van der Waals surface area (Å²) in [6.45, 7) is 0.474. The number of ketones is 1. The van der Waals surface area contributed by atoms with Gasteiger partial charge in [-0.3, -0.25) is 9.59 Å². The van der Waals surface area contributed by atoms with Crippen molar-refractivity contribution >= 4 is 29.0 Å². The molecule has 0 spiro atoms. The highest BCUT2D eigenvalue weighted by molar-refractivity contribution is 6.55. The quantitative estimate of drug-likeness (QED) is 0.813. The minimum absolute atomic E-state index is 0.326. The lowest BCUT2D eigenvalue weighted by Gasteiger charge is -2.16. The number of benzene rings is 2. The number of halogens is 1. The third-order valence-corrected chi connectivity index (χ3v) is 3.73. The summed E-state index contributed by atoms with van der Waals surface area (Å²) in [4.78, 5) is 25.5. The van der Waals surface area contributed by atoms with Gasteiger partial charge in [-0.1, -0.05) is 48.0 Å². The summed E-state index contributed by atoms with van der Waals surface area (Å²) in [5, 5.41) is 0.336. The first-order chi connectivity index (χ1) is 9.68. The zero-order valence-electron chi connectivity index (χ0n) is 10.7. The molecular formula is C16H12ClNO2. The number of Topliss-reactive ketones (excluding diaryl/α,β-unsaturated/α-hetero) is 1. The topological polar surface area (TPSA) is 37.4 Å². The van der Waals surface area contributed by atoms with Crippen molar-refractivity contribution in [1.82, 2.24) is 0 Å². The van der Waals surface area contributed by atoms with Crippen LogP contribution >= 0.6 is 11.6 Å². The van der Waals surface area contributed by atoms with E-state index in [1.54, 1.807) is 18.2 Å². The van der Waals surface area contributed by atoms with Crippen LogP contribution in [0.4, 0.5) is 5.69 Å². The maximum absolute atomic E-state index is 12.1. The van der Waals surface area contributed by atoms with E-state index in [1.807, 2.05) is 30.3 Å². The zero-order valence-corrected chi connectivity index (χ0v) is 11.4. The molecule has 3 nitrogen and oxygen atoms in total. The van der Waals surface area contributed by atoms with Crippen LogP contribution in [-0.2, 0) is 11.2 Å². The van der Waals surface area contributed by atoms with Gasteiger partial charge in [-0.05, 0) is 24.1 Å². The maximum atomic E-state index is 12.1. The second-order valence-corrected chi connectivity index (χ2v) is 5.06. The molecule has 100 valence electrons. The summed E-state index contributed by atoms with van der Waals surface area (Å²) < 4.78 is 0. The molecule has 0 aromatic heterocycles. The molecule has 1 amide bonds. The van der Waals surface area contributed by atoms with E-state index in [9.17, 15) is 9.59 Å². The van der Waals surface area contributed by atoms with E-state index in [0.717, 1.165) is 5.56 Å². The number of anilines is 1. The molecule has 0 saturated carbocycles. The lowest BCUT2D eigenvalue weighted by Crippen LogP contribution is -2.31. The highest BCUT2D eigenvalue weighted by atomic mass is 35.5. The first-order valence-corrected chi connectivity index (χ1v) is 6.75. The number of amides is 1. The molecule has 0 saturated heterocycles. The molecule has 0 bridgehead atoms. The molecule has 3 rings (SSSR count). The van der Waals surface area contributed by atoms with Crippen molar-refractivity contribution in [3.05, 3.63) is 64.7 Å². The molecule has 1 aliphatic heterocycles. The van der Waals surface area contributed by atoms with Crippen molar-refractivity contribution in [2.24, 2.45) is 0 Å². The zero-order chi connectivity index (χ0) is 14.1. The largest absolute Gasteiger partial charge is 0.304 e. The third-order valence-electron chi connectivity index (χ3n) is 3.42. The monoisotopic (exact) mass is 285 g/mol. The van der Waals surface area contributed by atoms with Crippen LogP contribution in [0.3, 0.4) is 0 Å². The lowest BCUT2D eigenvalue weighted by atomic mass is 10.1. The van der Waals surface area contributed by atoms with Crippen LogP contribution in [0.2, 0.25) is 5.02 Å². The number of hydrogen-bond donors (Lipinski definition) is 0. The van der Waals surface area contributed by atoms with Crippen molar-refractivity contribution in [3.8, 4) is 0 Å². The second-order valence-electron chi connectivity index (χ2n) is 4.66. The average Bonchev–Trinajstić information content (AvgIpc) is 2.71. The number of hydrogen-bond acceptors (Lipinski definition) is 2. The van der Waals surface area contributed by atoms with E-state index in [1.165, 1.54) is 4.90 Å². The molecule has 2 aromatic rings. The van der Waals surface area contributed by atoms with Crippen molar-refractivity contribution in [1.29, 1.82) is 0 Å². The highest BCUT2D eigenvalue weighted by Crippen LogP contribution is 2.34. The van der Waals surface area contributed by atoms with Gasteiger partial charge >= 0.3 is 0 Å².